The number of pyridine rings is 1. The number of nitrogens with one attached hydrogen (secondary N) is 1. The van der Waals surface area contributed by atoms with Crippen LogP contribution in [0.25, 0.3) is 0 Å². The van der Waals surface area contributed by atoms with Gasteiger partial charge in [-0.25, -0.2) is 18.1 Å². The number of hydrogen-bond acceptors (Lipinski definition) is 5. The van der Waals surface area contributed by atoms with Crippen LogP contribution in [0.4, 0.5) is 5.82 Å². The number of anilines is 1. The molecule has 0 radical (unpaired) electrons. The molecule has 100 valence electrons. The lowest BCUT2D eigenvalue weighted by Crippen LogP contribution is -2.41. The molecule has 18 heavy (non-hydrogen) atoms. The van der Waals surface area contributed by atoms with Gasteiger partial charge in [0.05, 0.1) is 5.02 Å². The molecule has 1 aliphatic carbocycles. The Morgan fingerprint density at radius 2 is 2.22 bits per heavy atom. The van der Waals surface area contributed by atoms with Crippen LogP contribution < -0.4 is 16.2 Å². The van der Waals surface area contributed by atoms with Crippen LogP contribution in [0.2, 0.25) is 5.02 Å². The van der Waals surface area contributed by atoms with Crippen molar-refractivity contribution in [3.63, 3.8) is 0 Å². The molecular weight excluding hydrogens is 276 g/mol. The largest absolute Gasteiger partial charge is 0.383 e. The van der Waals surface area contributed by atoms with E-state index < -0.39 is 10.0 Å². The Kier molecular flexibility index (Phi) is 3.76. The Bertz CT molecular complexity index is 545. The van der Waals surface area contributed by atoms with Crippen LogP contribution in [0.5, 0.6) is 0 Å². The molecule has 0 aliphatic heterocycles. The Balaban J connectivity index is 2.26. The predicted molar refractivity (Wildman–Crippen MR) is 69.5 cm³/mol. The molecule has 0 bridgehead atoms. The molecule has 6 nitrogen and oxygen atoms in total. The normalized spacial score (nSPS) is 17.7. The maximum absolute atomic E-state index is 12.2. The lowest BCUT2D eigenvalue weighted by molar-refractivity contribution is 0.519. The van der Waals surface area contributed by atoms with Crippen LogP contribution in [-0.4, -0.2) is 26.0 Å². The van der Waals surface area contributed by atoms with Crippen LogP contribution in [-0.2, 0) is 10.0 Å². The van der Waals surface area contributed by atoms with Crippen LogP contribution in [0, 0.1) is 5.92 Å². The fraction of sp³-hybridized carbons (Fsp3) is 0.500. The maximum Gasteiger partial charge on any atom is 0.244 e. The highest BCUT2D eigenvalue weighted by molar-refractivity contribution is 7.89. The van der Waals surface area contributed by atoms with Crippen LogP contribution in [0.3, 0.4) is 0 Å². The molecule has 0 spiro atoms. The Morgan fingerprint density at radius 1 is 1.56 bits per heavy atom. The van der Waals surface area contributed by atoms with Gasteiger partial charge in [0.15, 0.2) is 0 Å². The minimum atomic E-state index is -3.73. The van der Waals surface area contributed by atoms with E-state index in [4.69, 9.17) is 23.1 Å². The van der Waals surface area contributed by atoms with Crippen molar-refractivity contribution in [2.45, 2.75) is 23.8 Å². The van der Waals surface area contributed by atoms with Crippen molar-refractivity contribution in [3.05, 3.63) is 17.3 Å². The second kappa shape index (κ2) is 5.00. The zero-order valence-electron chi connectivity index (χ0n) is 9.64. The molecule has 1 atom stereocenters. The molecule has 0 aromatic carbocycles. The van der Waals surface area contributed by atoms with E-state index in [2.05, 4.69) is 9.71 Å². The van der Waals surface area contributed by atoms with Crippen molar-refractivity contribution < 1.29 is 8.42 Å². The van der Waals surface area contributed by atoms with Crippen molar-refractivity contribution in [3.8, 4) is 0 Å². The first-order chi connectivity index (χ1) is 8.44. The van der Waals surface area contributed by atoms with Crippen molar-refractivity contribution in [2.75, 3.05) is 12.3 Å². The number of sulfonamides is 1. The molecule has 5 N–H and O–H groups in total. The van der Waals surface area contributed by atoms with E-state index in [0.29, 0.717) is 5.92 Å². The summed E-state index contributed by atoms with van der Waals surface area (Å²) in [5.74, 6) is 0.247. The smallest absolute Gasteiger partial charge is 0.244 e. The van der Waals surface area contributed by atoms with Gasteiger partial charge in [-0.2, -0.15) is 0 Å². The number of halogens is 1. The number of nitrogens with two attached hydrogens (primary N) is 2. The minimum absolute atomic E-state index is 0.0709. The van der Waals surface area contributed by atoms with Gasteiger partial charge in [-0.05, 0) is 24.8 Å². The first-order valence-corrected chi connectivity index (χ1v) is 7.43. The third-order valence-electron chi connectivity index (χ3n) is 2.89. The minimum Gasteiger partial charge on any atom is -0.383 e. The lowest BCUT2D eigenvalue weighted by atomic mass is 10.2. The summed E-state index contributed by atoms with van der Waals surface area (Å²) >= 11 is 5.73. The van der Waals surface area contributed by atoms with E-state index in [0.717, 1.165) is 12.8 Å². The molecular formula is C10H15ClN4O2S. The summed E-state index contributed by atoms with van der Waals surface area (Å²) in [6.07, 6.45) is 3.29. The van der Waals surface area contributed by atoms with E-state index in [1.807, 2.05) is 0 Å². The summed E-state index contributed by atoms with van der Waals surface area (Å²) in [5, 5.41) is 0.222. The summed E-state index contributed by atoms with van der Waals surface area (Å²) in [4.78, 5) is 3.63. The van der Waals surface area contributed by atoms with E-state index in [-0.39, 0.29) is 28.3 Å². The summed E-state index contributed by atoms with van der Waals surface area (Å²) in [7, 11) is -3.73. The number of rotatable bonds is 5. The van der Waals surface area contributed by atoms with Gasteiger partial charge in [0, 0.05) is 18.8 Å². The molecule has 2 rings (SSSR count). The zero-order valence-corrected chi connectivity index (χ0v) is 11.2. The fourth-order valence-corrected chi connectivity index (χ4v) is 3.39. The van der Waals surface area contributed by atoms with Gasteiger partial charge < -0.3 is 11.5 Å². The third kappa shape index (κ3) is 2.92. The van der Waals surface area contributed by atoms with E-state index in [9.17, 15) is 8.42 Å². The quantitative estimate of drug-likeness (QED) is 0.724. The monoisotopic (exact) mass is 290 g/mol. The molecule has 1 aromatic heterocycles. The van der Waals surface area contributed by atoms with Crippen molar-refractivity contribution in [2.24, 2.45) is 11.7 Å². The fourth-order valence-electron chi connectivity index (χ4n) is 1.74. The average molecular weight is 291 g/mol. The molecule has 1 heterocycles. The summed E-state index contributed by atoms with van der Waals surface area (Å²) in [6.45, 7) is 0.262. The van der Waals surface area contributed by atoms with Gasteiger partial charge in [0.2, 0.25) is 10.0 Å². The first kappa shape index (κ1) is 13.5. The Labute approximate surface area is 111 Å². The van der Waals surface area contributed by atoms with Crippen LogP contribution in [0.15, 0.2) is 17.2 Å². The molecule has 8 heteroatoms. The third-order valence-corrected chi connectivity index (χ3v) is 4.62. The van der Waals surface area contributed by atoms with Gasteiger partial charge in [0.1, 0.15) is 10.7 Å². The van der Waals surface area contributed by atoms with Crippen molar-refractivity contribution in [1.29, 1.82) is 0 Å². The second-order valence-electron chi connectivity index (χ2n) is 4.34. The van der Waals surface area contributed by atoms with E-state index in [1.165, 1.54) is 12.3 Å². The second-order valence-corrected chi connectivity index (χ2v) is 6.46. The molecule has 1 aliphatic rings. The SMILES string of the molecule is NCC(NS(=O)(=O)c1cc(Cl)cnc1N)C1CC1. The summed E-state index contributed by atoms with van der Waals surface area (Å²) < 4.78 is 26.9. The van der Waals surface area contributed by atoms with Gasteiger partial charge in [-0.15, -0.1) is 0 Å². The Morgan fingerprint density at radius 3 is 2.78 bits per heavy atom. The number of hydrogen-bond donors (Lipinski definition) is 3. The van der Waals surface area contributed by atoms with Gasteiger partial charge in [-0.1, -0.05) is 11.6 Å². The lowest BCUT2D eigenvalue weighted by Gasteiger charge is -2.16. The van der Waals surface area contributed by atoms with Crippen LogP contribution >= 0.6 is 11.6 Å². The Hall–Kier alpha value is -0.890. The first-order valence-electron chi connectivity index (χ1n) is 5.57. The summed E-state index contributed by atoms with van der Waals surface area (Å²) in [5.41, 5.74) is 11.1. The number of nitrogen functional groups attached to an aromatic ring is 1. The zero-order chi connectivity index (χ0) is 13.3. The highest BCUT2D eigenvalue weighted by Gasteiger charge is 2.34. The highest BCUT2D eigenvalue weighted by atomic mass is 35.5. The molecule has 1 fully saturated rings. The average Bonchev–Trinajstić information content (AvgIpc) is 3.13. The topological polar surface area (TPSA) is 111 Å². The molecule has 0 saturated heterocycles. The predicted octanol–water partition coefficient (Wildman–Crippen LogP) is 0.333. The van der Waals surface area contributed by atoms with Crippen molar-refractivity contribution >= 4 is 27.4 Å². The van der Waals surface area contributed by atoms with Gasteiger partial charge >= 0.3 is 0 Å². The van der Waals surface area contributed by atoms with Crippen molar-refractivity contribution in [1.82, 2.24) is 9.71 Å². The maximum atomic E-state index is 12.2. The molecule has 1 unspecified atom stereocenters. The van der Waals surface area contributed by atoms with E-state index >= 15 is 0 Å². The van der Waals surface area contributed by atoms with Gasteiger partial charge in [0.25, 0.3) is 0 Å². The highest BCUT2D eigenvalue weighted by Crippen LogP contribution is 2.33. The number of aromatic nitrogens is 1. The summed E-state index contributed by atoms with van der Waals surface area (Å²) in [6, 6.07) is 1.03. The van der Waals surface area contributed by atoms with E-state index in [1.54, 1.807) is 0 Å². The number of nitrogens with zero attached hydrogens (tertiary/aromatic N) is 1. The van der Waals surface area contributed by atoms with Crippen LogP contribution in [0.1, 0.15) is 12.8 Å². The standard InChI is InChI=1S/C10H15ClN4O2S/c11-7-3-9(10(13)14-5-7)18(16,17)15-8(4-12)6-1-2-6/h3,5-6,8,15H,1-2,4,12H2,(H2,13,14). The van der Waals surface area contributed by atoms with Gasteiger partial charge in [-0.3, -0.25) is 0 Å². The molecule has 0 amide bonds. The molecule has 1 saturated carbocycles. The molecule has 1 aromatic rings.